The van der Waals surface area contributed by atoms with Crippen molar-refractivity contribution in [3.63, 3.8) is 0 Å². The zero-order chi connectivity index (χ0) is 10.6. The fourth-order valence-corrected chi connectivity index (χ4v) is 1.12. The van der Waals surface area contributed by atoms with Crippen LogP contribution in [0.5, 0.6) is 0 Å². The van der Waals surface area contributed by atoms with Gasteiger partial charge in [0.1, 0.15) is 0 Å². The first kappa shape index (κ1) is 14.2. The second kappa shape index (κ2) is 5.95. The van der Waals surface area contributed by atoms with Crippen molar-refractivity contribution in [3.8, 4) is 0 Å². The average molecular weight is 241 g/mol. The molecule has 15 heavy (non-hydrogen) atoms. The van der Waals surface area contributed by atoms with Crippen molar-refractivity contribution in [2.24, 2.45) is 5.84 Å². The van der Waals surface area contributed by atoms with E-state index < -0.39 is 11.7 Å². The molecular weight excluding hydrogens is 229 g/mol. The maximum absolute atomic E-state index is 12.2. The minimum atomic E-state index is -4.27. The van der Waals surface area contributed by atoms with Gasteiger partial charge in [-0.2, -0.15) is 13.2 Å². The number of alkyl halides is 3. The van der Waals surface area contributed by atoms with Crippen LogP contribution in [0.1, 0.15) is 11.1 Å². The molecule has 0 amide bonds. The summed E-state index contributed by atoms with van der Waals surface area (Å²) in [5, 5.41) is 0. The third-order valence-corrected chi connectivity index (χ3v) is 1.81. The van der Waals surface area contributed by atoms with Gasteiger partial charge in [0.2, 0.25) is 0 Å². The molecule has 6 heteroatoms. The number of hydrogen-bond acceptors (Lipinski definition) is 2. The molecule has 0 radical (unpaired) electrons. The first-order valence-corrected chi connectivity index (χ1v) is 4.13. The largest absolute Gasteiger partial charge is 0.416 e. The number of rotatable bonds is 3. The van der Waals surface area contributed by atoms with Gasteiger partial charge in [-0.1, -0.05) is 18.2 Å². The van der Waals surface area contributed by atoms with Crippen molar-refractivity contribution >= 4 is 12.4 Å². The highest BCUT2D eigenvalue weighted by atomic mass is 35.5. The van der Waals surface area contributed by atoms with Crippen LogP contribution < -0.4 is 11.3 Å². The number of hydrazine groups is 1. The molecule has 0 unspecified atom stereocenters. The monoisotopic (exact) mass is 240 g/mol. The lowest BCUT2D eigenvalue weighted by atomic mass is 10.1. The SMILES string of the molecule is Cl.NNCCc1cccc(C(F)(F)F)c1. The standard InChI is InChI=1S/C9H11F3N2.ClH/c10-9(11,12)8-3-1-2-7(6-8)4-5-14-13;/h1-3,6,14H,4-5,13H2;1H. The van der Waals surface area contributed by atoms with E-state index in [-0.39, 0.29) is 12.4 Å². The van der Waals surface area contributed by atoms with Crippen LogP contribution in [0.4, 0.5) is 13.2 Å². The van der Waals surface area contributed by atoms with Crippen LogP contribution in [0.3, 0.4) is 0 Å². The summed E-state index contributed by atoms with van der Waals surface area (Å²) >= 11 is 0. The van der Waals surface area contributed by atoms with Gasteiger partial charge in [-0.3, -0.25) is 11.3 Å². The number of nitrogens with two attached hydrogens (primary N) is 1. The lowest BCUT2D eigenvalue weighted by Crippen LogP contribution is -2.24. The minimum Gasteiger partial charge on any atom is -0.271 e. The highest BCUT2D eigenvalue weighted by Crippen LogP contribution is 2.29. The molecule has 0 saturated carbocycles. The Morgan fingerprint density at radius 1 is 1.27 bits per heavy atom. The van der Waals surface area contributed by atoms with Crippen molar-refractivity contribution in [3.05, 3.63) is 35.4 Å². The smallest absolute Gasteiger partial charge is 0.271 e. The summed E-state index contributed by atoms with van der Waals surface area (Å²) < 4.78 is 36.7. The molecule has 0 saturated heterocycles. The molecule has 1 aromatic carbocycles. The van der Waals surface area contributed by atoms with E-state index in [0.717, 1.165) is 12.1 Å². The number of nitrogens with one attached hydrogen (secondary N) is 1. The van der Waals surface area contributed by atoms with Gasteiger partial charge in [0.15, 0.2) is 0 Å². The Labute approximate surface area is 92.0 Å². The van der Waals surface area contributed by atoms with Crippen LogP contribution in [-0.4, -0.2) is 6.54 Å². The molecule has 0 aliphatic carbocycles. The van der Waals surface area contributed by atoms with Crippen molar-refractivity contribution in [2.45, 2.75) is 12.6 Å². The summed E-state index contributed by atoms with van der Waals surface area (Å²) in [6, 6.07) is 5.23. The number of hydrogen-bond donors (Lipinski definition) is 2. The van der Waals surface area contributed by atoms with Crippen LogP contribution in [0.25, 0.3) is 0 Å². The predicted molar refractivity (Wildman–Crippen MR) is 54.6 cm³/mol. The first-order chi connectivity index (χ1) is 6.54. The van der Waals surface area contributed by atoms with Gasteiger partial charge in [0.05, 0.1) is 5.56 Å². The average Bonchev–Trinajstić information content (AvgIpc) is 2.14. The summed E-state index contributed by atoms with van der Waals surface area (Å²) in [6.45, 7) is 0.460. The topological polar surface area (TPSA) is 38.0 Å². The molecule has 0 heterocycles. The predicted octanol–water partition coefficient (Wildman–Crippen LogP) is 2.13. The van der Waals surface area contributed by atoms with Crippen LogP contribution in [-0.2, 0) is 12.6 Å². The molecule has 3 N–H and O–H groups in total. The van der Waals surface area contributed by atoms with E-state index in [9.17, 15) is 13.2 Å². The Morgan fingerprint density at radius 3 is 2.47 bits per heavy atom. The van der Waals surface area contributed by atoms with Crippen molar-refractivity contribution in [1.29, 1.82) is 0 Å². The molecule has 0 fully saturated rings. The van der Waals surface area contributed by atoms with E-state index in [0.29, 0.717) is 18.5 Å². The molecule has 0 atom stereocenters. The molecule has 86 valence electrons. The highest BCUT2D eigenvalue weighted by Gasteiger charge is 2.30. The van der Waals surface area contributed by atoms with Crippen molar-refractivity contribution in [2.75, 3.05) is 6.54 Å². The summed E-state index contributed by atoms with van der Waals surface area (Å²) in [5.74, 6) is 5.03. The normalized spacial score (nSPS) is 10.9. The molecule has 0 spiro atoms. The summed E-state index contributed by atoms with van der Waals surface area (Å²) in [5.41, 5.74) is 2.40. The van der Waals surface area contributed by atoms with Crippen LogP contribution in [0.2, 0.25) is 0 Å². The maximum Gasteiger partial charge on any atom is 0.416 e. The quantitative estimate of drug-likeness (QED) is 0.628. The van der Waals surface area contributed by atoms with E-state index in [4.69, 9.17) is 5.84 Å². The van der Waals surface area contributed by atoms with E-state index in [2.05, 4.69) is 5.43 Å². The molecule has 0 aliphatic rings. The Kier molecular flexibility index (Phi) is 5.64. The summed E-state index contributed by atoms with van der Waals surface area (Å²) in [4.78, 5) is 0. The molecular formula is C9H12ClF3N2. The molecule has 1 aromatic rings. The lowest BCUT2D eigenvalue weighted by Gasteiger charge is -2.08. The first-order valence-electron chi connectivity index (χ1n) is 4.13. The Hall–Kier alpha value is -0.780. The molecule has 1 rings (SSSR count). The van der Waals surface area contributed by atoms with Gasteiger partial charge < -0.3 is 0 Å². The van der Waals surface area contributed by atoms with Gasteiger partial charge in [-0.05, 0) is 18.1 Å². The minimum absolute atomic E-state index is 0. The fourth-order valence-electron chi connectivity index (χ4n) is 1.12. The molecule has 2 nitrogen and oxygen atoms in total. The van der Waals surface area contributed by atoms with Gasteiger partial charge in [-0.25, -0.2) is 0 Å². The second-order valence-electron chi connectivity index (χ2n) is 2.90. The summed E-state index contributed by atoms with van der Waals surface area (Å²) in [6.07, 6.45) is -3.79. The second-order valence-corrected chi connectivity index (χ2v) is 2.90. The van der Waals surface area contributed by atoms with E-state index >= 15 is 0 Å². The number of halogens is 4. The molecule has 0 aliphatic heterocycles. The van der Waals surface area contributed by atoms with Crippen LogP contribution >= 0.6 is 12.4 Å². The van der Waals surface area contributed by atoms with Crippen LogP contribution in [0.15, 0.2) is 24.3 Å². The van der Waals surface area contributed by atoms with Crippen LogP contribution in [0, 0.1) is 0 Å². The van der Waals surface area contributed by atoms with E-state index in [1.807, 2.05) is 0 Å². The Balaban J connectivity index is 0.00000196. The fraction of sp³-hybridized carbons (Fsp3) is 0.333. The van der Waals surface area contributed by atoms with Gasteiger partial charge in [0.25, 0.3) is 0 Å². The van der Waals surface area contributed by atoms with Gasteiger partial charge in [-0.15, -0.1) is 12.4 Å². The lowest BCUT2D eigenvalue weighted by molar-refractivity contribution is -0.137. The number of benzene rings is 1. The van der Waals surface area contributed by atoms with Crippen molar-refractivity contribution < 1.29 is 13.2 Å². The Morgan fingerprint density at radius 2 is 1.93 bits per heavy atom. The summed E-state index contributed by atoms with van der Waals surface area (Å²) in [7, 11) is 0. The third kappa shape index (κ3) is 4.51. The maximum atomic E-state index is 12.2. The highest BCUT2D eigenvalue weighted by molar-refractivity contribution is 5.85. The Bertz CT molecular complexity index is 302. The zero-order valence-electron chi connectivity index (χ0n) is 7.84. The van der Waals surface area contributed by atoms with Crippen molar-refractivity contribution in [1.82, 2.24) is 5.43 Å². The van der Waals surface area contributed by atoms with Gasteiger partial charge >= 0.3 is 6.18 Å². The van der Waals surface area contributed by atoms with Gasteiger partial charge in [0, 0.05) is 6.54 Å². The molecule has 0 aromatic heterocycles. The van der Waals surface area contributed by atoms with E-state index in [1.165, 1.54) is 6.07 Å². The van der Waals surface area contributed by atoms with E-state index in [1.54, 1.807) is 6.07 Å². The third-order valence-electron chi connectivity index (χ3n) is 1.81. The zero-order valence-corrected chi connectivity index (χ0v) is 8.66. The molecule has 0 bridgehead atoms.